The van der Waals surface area contributed by atoms with Gasteiger partial charge in [-0.2, -0.15) is 0 Å². The normalized spacial score (nSPS) is 15.1. The van der Waals surface area contributed by atoms with Crippen molar-refractivity contribution in [3.63, 3.8) is 0 Å². The summed E-state index contributed by atoms with van der Waals surface area (Å²) in [6.45, 7) is 8.61. The van der Waals surface area contributed by atoms with Crippen molar-refractivity contribution in [3.05, 3.63) is 29.8 Å². The first kappa shape index (κ1) is 18.9. The van der Waals surface area contributed by atoms with Gasteiger partial charge in [-0.3, -0.25) is 4.79 Å². The molecule has 1 aromatic carbocycles. The minimum atomic E-state index is -3.52. The predicted octanol–water partition coefficient (Wildman–Crippen LogP) is 3.02. The molecular formula is C18H28N2O3S. The summed E-state index contributed by atoms with van der Waals surface area (Å²) in [6, 6.07) is 6.42. The fourth-order valence-electron chi connectivity index (χ4n) is 2.55. The van der Waals surface area contributed by atoms with Crippen molar-refractivity contribution in [2.75, 3.05) is 6.54 Å². The Morgan fingerprint density at radius 1 is 1.17 bits per heavy atom. The number of rotatable bonds is 8. The van der Waals surface area contributed by atoms with E-state index >= 15 is 0 Å². The molecule has 0 atom stereocenters. The molecule has 0 heterocycles. The quantitative estimate of drug-likeness (QED) is 0.782. The van der Waals surface area contributed by atoms with Crippen molar-refractivity contribution in [1.82, 2.24) is 9.62 Å². The maximum Gasteiger partial charge on any atom is 0.254 e. The van der Waals surface area contributed by atoms with Crippen molar-refractivity contribution in [2.24, 2.45) is 5.92 Å². The molecule has 1 N–H and O–H groups in total. The fraction of sp³-hybridized carbons (Fsp3) is 0.611. The first-order valence-corrected chi connectivity index (χ1v) is 10.1. The van der Waals surface area contributed by atoms with Crippen molar-refractivity contribution in [3.8, 4) is 0 Å². The van der Waals surface area contributed by atoms with Crippen LogP contribution >= 0.6 is 0 Å². The minimum Gasteiger partial charge on any atom is -0.336 e. The SMILES string of the molecule is CC(C)CCN(C(=O)c1ccc(S(=O)(=O)NC(C)C)cc1)C1CC1. The molecule has 6 heteroatoms. The van der Waals surface area contributed by atoms with Crippen LogP contribution in [0.2, 0.25) is 0 Å². The van der Waals surface area contributed by atoms with E-state index in [-0.39, 0.29) is 16.8 Å². The van der Waals surface area contributed by atoms with Gasteiger partial charge in [-0.15, -0.1) is 0 Å². The fourth-order valence-corrected chi connectivity index (χ4v) is 3.81. The molecule has 24 heavy (non-hydrogen) atoms. The molecule has 0 bridgehead atoms. The molecule has 0 aliphatic heterocycles. The molecule has 1 fully saturated rings. The van der Waals surface area contributed by atoms with Crippen LogP contribution in [0.5, 0.6) is 0 Å². The van der Waals surface area contributed by atoms with Crippen LogP contribution < -0.4 is 4.72 Å². The van der Waals surface area contributed by atoms with Crippen LogP contribution in [0.1, 0.15) is 57.3 Å². The van der Waals surface area contributed by atoms with E-state index in [1.165, 1.54) is 12.1 Å². The van der Waals surface area contributed by atoms with Gasteiger partial charge in [0, 0.05) is 24.2 Å². The van der Waals surface area contributed by atoms with Crippen LogP contribution in [0.25, 0.3) is 0 Å². The van der Waals surface area contributed by atoms with Crippen LogP contribution in [0, 0.1) is 5.92 Å². The van der Waals surface area contributed by atoms with Gasteiger partial charge in [-0.05, 0) is 63.3 Å². The molecule has 0 aromatic heterocycles. The largest absolute Gasteiger partial charge is 0.336 e. The molecule has 1 amide bonds. The highest BCUT2D eigenvalue weighted by Crippen LogP contribution is 2.29. The second-order valence-electron chi connectivity index (χ2n) is 7.21. The molecule has 134 valence electrons. The number of benzene rings is 1. The third-order valence-corrected chi connectivity index (χ3v) is 5.67. The minimum absolute atomic E-state index is 0.00100. The first-order chi connectivity index (χ1) is 11.2. The molecule has 5 nitrogen and oxygen atoms in total. The Hall–Kier alpha value is -1.40. The summed E-state index contributed by atoms with van der Waals surface area (Å²) >= 11 is 0. The zero-order chi connectivity index (χ0) is 17.9. The molecule has 1 aliphatic rings. The Balaban J connectivity index is 2.12. The molecule has 0 spiro atoms. The molecule has 0 radical (unpaired) electrons. The van der Waals surface area contributed by atoms with Gasteiger partial charge in [-0.25, -0.2) is 13.1 Å². The Kier molecular flexibility index (Phi) is 6.04. The summed E-state index contributed by atoms with van der Waals surface area (Å²) in [5.74, 6) is 0.549. The molecule has 0 saturated heterocycles. The topological polar surface area (TPSA) is 66.5 Å². The lowest BCUT2D eigenvalue weighted by molar-refractivity contribution is 0.0735. The second kappa shape index (κ2) is 7.66. The Bertz CT molecular complexity index is 662. The van der Waals surface area contributed by atoms with E-state index in [1.54, 1.807) is 26.0 Å². The summed E-state index contributed by atoms with van der Waals surface area (Å²) < 4.78 is 26.8. The van der Waals surface area contributed by atoms with Crippen molar-refractivity contribution >= 4 is 15.9 Å². The van der Waals surface area contributed by atoms with Crippen molar-refractivity contribution < 1.29 is 13.2 Å². The summed E-state index contributed by atoms with van der Waals surface area (Å²) in [5, 5.41) is 0. The summed E-state index contributed by atoms with van der Waals surface area (Å²) in [4.78, 5) is 14.9. The van der Waals surface area contributed by atoms with Gasteiger partial charge in [0.25, 0.3) is 5.91 Å². The Morgan fingerprint density at radius 3 is 2.21 bits per heavy atom. The molecular weight excluding hydrogens is 324 g/mol. The number of sulfonamides is 1. The number of carbonyl (C=O) groups is 1. The average Bonchev–Trinajstić information content (AvgIpc) is 3.30. The lowest BCUT2D eigenvalue weighted by Gasteiger charge is -2.23. The zero-order valence-electron chi connectivity index (χ0n) is 15.0. The van der Waals surface area contributed by atoms with E-state index in [0.717, 1.165) is 25.8 Å². The molecule has 1 aliphatic carbocycles. The second-order valence-corrected chi connectivity index (χ2v) is 8.93. The van der Waals surface area contributed by atoms with Crippen LogP contribution in [0.15, 0.2) is 29.2 Å². The van der Waals surface area contributed by atoms with Gasteiger partial charge in [0.1, 0.15) is 0 Å². The maximum atomic E-state index is 12.7. The van der Waals surface area contributed by atoms with Gasteiger partial charge in [0.15, 0.2) is 0 Å². The number of nitrogens with one attached hydrogen (secondary N) is 1. The average molecular weight is 353 g/mol. The third kappa shape index (κ3) is 5.05. The van der Waals surface area contributed by atoms with Crippen molar-refractivity contribution in [2.45, 2.75) is 63.9 Å². The maximum absolute atomic E-state index is 12.7. The summed E-state index contributed by atoms with van der Waals surface area (Å²) in [7, 11) is -3.52. The summed E-state index contributed by atoms with van der Waals surface area (Å²) in [6.07, 6.45) is 3.11. The van der Waals surface area contributed by atoms with Crippen LogP contribution in [-0.2, 0) is 10.0 Å². The Morgan fingerprint density at radius 2 is 1.75 bits per heavy atom. The van der Waals surface area contributed by atoms with E-state index in [2.05, 4.69) is 18.6 Å². The number of hydrogen-bond acceptors (Lipinski definition) is 3. The van der Waals surface area contributed by atoms with E-state index in [4.69, 9.17) is 0 Å². The number of amides is 1. The van der Waals surface area contributed by atoms with Crippen molar-refractivity contribution in [1.29, 1.82) is 0 Å². The molecule has 1 saturated carbocycles. The van der Waals surface area contributed by atoms with Gasteiger partial charge < -0.3 is 4.90 Å². The highest BCUT2D eigenvalue weighted by atomic mass is 32.2. The van der Waals surface area contributed by atoms with E-state index < -0.39 is 10.0 Å². The highest BCUT2D eigenvalue weighted by molar-refractivity contribution is 7.89. The lowest BCUT2D eigenvalue weighted by atomic mass is 10.1. The third-order valence-electron chi connectivity index (χ3n) is 4.00. The van der Waals surface area contributed by atoms with Gasteiger partial charge in [-0.1, -0.05) is 13.8 Å². The van der Waals surface area contributed by atoms with Gasteiger partial charge >= 0.3 is 0 Å². The van der Waals surface area contributed by atoms with Crippen LogP contribution in [-0.4, -0.2) is 37.9 Å². The smallest absolute Gasteiger partial charge is 0.254 e. The highest BCUT2D eigenvalue weighted by Gasteiger charge is 2.32. The number of carbonyl (C=O) groups excluding carboxylic acids is 1. The molecule has 1 aromatic rings. The van der Waals surface area contributed by atoms with E-state index in [9.17, 15) is 13.2 Å². The molecule has 2 rings (SSSR count). The van der Waals surface area contributed by atoms with Crippen LogP contribution in [0.4, 0.5) is 0 Å². The number of nitrogens with zero attached hydrogens (tertiary/aromatic N) is 1. The Labute approximate surface area is 145 Å². The van der Waals surface area contributed by atoms with E-state index in [0.29, 0.717) is 17.5 Å². The lowest BCUT2D eigenvalue weighted by Crippen LogP contribution is -2.34. The first-order valence-electron chi connectivity index (χ1n) is 8.64. The standard InChI is InChI=1S/C18H28N2O3S/c1-13(2)11-12-20(16-7-8-16)18(21)15-5-9-17(10-6-15)24(22,23)19-14(3)4/h5-6,9-10,13-14,16,19H,7-8,11-12H2,1-4H3. The monoisotopic (exact) mass is 352 g/mol. The molecule has 0 unspecified atom stereocenters. The zero-order valence-corrected chi connectivity index (χ0v) is 15.8. The van der Waals surface area contributed by atoms with Gasteiger partial charge in [0.05, 0.1) is 4.90 Å². The number of hydrogen-bond donors (Lipinski definition) is 1. The van der Waals surface area contributed by atoms with E-state index in [1.807, 2.05) is 4.90 Å². The predicted molar refractivity (Wildman–Crippen MR) is 95.4 cm³/mol. The summed E-state index contributed by atoms with van der Waals surface area (Å²) in [5.41, 5.74) is 0.550. The van der Waals surface area contributed by atoms with Gasteiger partial charge in [0.2, 0.25) is 10.0 Å². The van der Waals surface area contributed by atoms with Crippen LogP contribution in [0.3, 0.4) is 0 Å².